The summed E-state index contributed by atoms with van der Waals surface area (Å²) in [5.74, 6) is 0. The van der Waals surface area contributed by atoms with Crippen LogP contribution in [0.5, 0.6) is 0 Å². The van der Waals surface area contributed by atoms with E-state index < -0.39 is 10.0 Å². The number of thiophene rings is 1. The third kappa shape index (κ3) is 2.78. The lowest BCUT2D eigenvalue weighted by Gasteiger charge is -2.01. The van der Waals surface area contributed by atoms with Crippen LogP contribution in [0.1, 0.15) is 18.2 Å². The van der Waals surface area contributed by atoms with Crippen molar-refractivity contribution in [2.75, 3.05) is 6.54 Å². The fourth-order valence-electron chi connectivity index (χ4n) is 0.928. The third-order valence-corrected chi connectivity index (χ3v) is 4.23. The Labute approximate surface area is 88.2 Å². The highest BCUT2D eigenvalue weighted by molar-refractivity contribution is 7.89. The van der Waals surface area contributed by atoms with E-state index in [0.717, 1.165) is 11.3 Å². The van der Waals surface area contributed by atoms with E-state index in [2.05, 4.69) is 4.72 Å². The molecule has 0 saturated carbocycles. The van der Waals surface area contributed by atoms with Crippen LogP contribution in [0.4, 0.5) is 0 Å². The van der Waals surface area contributed by atoms with Gasteiger partial charge in [-0.2, -0.15) is 0 Å². The summed E-state index contributed by atoms with van der Waals surface area (Å²) >= 11 is 1.37. The molecule has 0 spiro atoms. The summed E-state index contributed by atoms with van der Waals surface area (Å²) in [4.78, 5) is 1.19. The Morgan fingerprint density at radius 3 is 2.79 bits per heavy atom. The molecule has 80 valence electrons. The molecule has 0 aliphatic heterocycles. The van der Waals surface area contributed by atoms with Gasteiger partial charge < -0.3 is 5.73 Å². The van der Waals surface area contributed by atoms with Crippen molar-refractivity contribution in [2.24, 2.45) is 5.73 Å². The second kappa shape index (κ2) is 4.88. The van der Waals surface area contributed by atoms with Crippen LogP contribution in [-0.2, 0) is 16.6 Å². The molecule has 0 aliphatic rings. The first-order valence-corrected chi connectivity index (χ1v) is 6.73. The Morgan fingerprint density at radius 1 is 1.57 bits per heavy atom. The highest BCUT2D eigenvalue weighted by Crippen LogP contribution is 2.18. The van der Waals surface area contributed by atoms with Crippen LogP contribution < -0.4 is 10.5 Å². The van der Waals surface area contributed by atoms with E-state index >= 15 is 0 Å². The fraction of sp³-hybridized carbons (Fsp3) is 0.500. The number of hydrogen-bond donors (Lipinski definition) is 2. The summed E-state index contributed by atoms with van der Waals surface area (Å²) in [5, 5.41) is 1.61. The second-order valence-corrected chi connectivity index (χ2v) is 5.61. The lowest BCUT2D eigenvalue weighted by atomic mass is 10.5. The number of nitrogens with two attached hydrogens (primary N) is 1. The minimum atomic E-state index is -3.31. The van der Waals surface area contributed by atoms with Gasteiger partial charge >= 0.3 is 0 Å². The van der Waals surface area contributed by atoms with Gasteiger partial charge in [0.1, 0.15) is 0 Å². The molecule has 0 atom stereocenters. The van der Waals surface area contributed by atoms with Crippen molar-refractivity contribution in [3.8, 4) is 0 Å². The second-order valence-electron chi connectivity index (χ2n) is 2.85. The maximum Gasteiger partial charge on any atom is 0.241 e. The largest absolute Gasteiger partial charge is 0.326 e. The average Bonchev–Trinajstić information content (AvgIpc) is 2.63. The SMILES string of the molecule is CCCNS(=O)(=O)c1csc(CN)c1. The van der Waals surface area contributed by atoms with Crippen molar-refractivity contribution in [3.63, 3.8) is 0 Å². The Bertz CT molecular complexity index is 384. The van der Waals surface area contributed by atoms with E-state index in [1.807, 2.05) is 6.92 Å². The zero-order chi connectivity index (χ0) is 10.6. The van der Waals surface area contributed by atoms with E-state index in [-0.39, 0.29) is 0 Å². The van der Waals surface area contributed by atoms with Crippen molar-refractivity contribution in [3.05, 3.63) is 16.3 Å². The minimum Gasteiger partial charge on any atom is -0.326 e. The predicted molar refractivity (Wildman–Crippen MR) is 57.7 cm³/mol. The Kier molecular flexibility index (Phi) is 4.06. The summed E-state index contributed by atoms with van der Waals surface area (Å²) in [7, 11) is -3.31. The number of rotatable bonds is 5. The monoisotopic (exact) mass is 234 g/mol. The third-order valence-electron chi connectivity index (χ3n) is 1.68. The van der Waals surface area contributed by atoms with Crippen molar-refractivity contribution < 1.29 is 8.42 Å². The molecule has 3 N–H and O–H groups in total. The molecule has 6 heteroatoms. The van der Waals surface area contributed by atoms with Gasteiger partial charge in [0.25, 0.3) is 0 Å². The molecule has 0 amide bonds. The Hall–Kier alpha value is -0.430. The summed E-state index contributed by atoms with van der Waals surface area (Å²) in [6.45, 7) is 2.77. The molecule has 0 radical (unpaired) electrons. The summed E-state index contributed by atoms with van der Waals surface area (Å²) in [6, 6.07) is 1.61. The molecule has 0 aromatic carbocycles. The zero-order valence-electron chi connectivity index (χ0n) is 7.99. The normalized spacial score (nSPS) is 11.9. The van der Waals surface area contributed by atoms with Crippen LogP contribution in [0.3, 0.4) is 0 Å². The maximum absolute atomic E-state index is 11.6. The molecular weight excluding hydrogens is 220 g/mol. The van der Waals surface area contributed by atoms with E-state index in [9.17, 15) is 8.42 Å². The maximum atomic E-state index is 11.6. The molecule has 0 bridgehead atoms. The van der Waals surface area contributed by atoms with Gasteiger partial charge in [0.2, 0.25) is 10.0 Å². The summed E-state index contributed by atoms with van der Waals surface area (Å²) < 4.78 is 25.7. The van der Waals surface area contributed by atoms with Crippen molar-refractivity contribution in [1.82, 2.24) is 4.72 Å². The minimum absolute atomic E-state index is 0.316. The lowest BCUT2D eigenvalue weighted by Crippen LogP contribution is -2.23. The van der Waals surface area contributed by atoms with Crippen LogP contribution in [0, 0.1) is 0 Å². The highest BCUT2D eigenvalue weighted by atomic mass is 32.2. The summed E-state index contributed by atoms with van der Waals surface area (Å²) in [5.41, 5.74) is 5.40. The Morgan fingerprint density at radius 2 is 2.29 bits per heavy atom. The van der Waals surface area contributed by atoms with Crippen LogP contribution >= 0.6 is 11.3 Å². The smallest absolute Gasteiger partial charge is 0.241 e. The van der Waals surface area contributed by atoms with Crippen LogP contribution in [0.25, 0.3) is 0 Å². The number of nitrogens with one attached hydrogen (secondary N) is 1. The topological polar surface area (TPSA) is 72.2 Å². The number of sulfonamides is 1. The zero-order valence-corrected chi connectivity index (χ0v) is 9.62. The first kappa shape index (κ1) is 11.6. The van der Waals surface area contributed by atoms with Gasteiger partial charge in [0.15, 0.2) is 0 Å². The molecule has 1 rings (SSSR count). The molecule has 0 fully saturated rings. The van der Waals surface area contributed by atoms with Gasteiger partial charge in [-0.25, -0.2) is 13.1 Å². The molecular formula is C8H14N2O2S2. The van der Waals surface area contributed by atoms with Gasteiger partial charge in [0.05, 0.1) is 4.90 Å². The van der Waals surface area contributed by atoms with Crippen molar-refractivity contribution in [2.45, 2.75) is 24.8 Å². The molecule has 4 nitrogen and oxygen atoms in total. The molecule has 0 aliphatic carbocycles. The highest BCUT2D eigenvalue weighted by Gasteiger charge is 2.14. The number of hydrogen-bond acceptors (Lipinski definition) is 4. The van der Waals surface area contributed by atoms with E-state index in [1.54, 1.807) is 11.4 Å². The van der Waals surface area contributed by atoms with Crippen LogP contribution in [-0.4, -0.2) is 15.0 Å². The standard InChI is InChI=1S/C8H14N2O2S2/c1-2-3-10-14(11,12)8-4-7(5-9)13-6-8/h4,6,10H,2-3,5,9H2,1H3. The Balaban J connectivity index is 2.81. The van der Waals surface area contributed by atoms with Crippen molar-refractivity contribution in [1.29, 1.82) is 0 Å². The average molecular weight is 234 g/mol. The molecule has 1 aromatic heterocycles. The van der Waals surface area contributed by atoms with Crippen LogP contribution in [0.15, 0.2) is 16.3 Å². The quantitative estimate of drug-likeness (QED) is 0.795. The van der Waals surface area contributed by atoms with Gasteiger partial charge in [-0.1, -0.05) is 6.92 Å². The van der Waals surface area contributed by atoms with Gasteiger partial charge in [-0.15, -0.1) is 11.3 Å². The van der Waals surface area contributed by atoms with E-state index in [1.165, 1.54) is 11.3 Å². The van der Waals surface area contributed by atoms with Crippen LogP contribution in [0.2, 0.25) is 0 Å². The predicted octanol–water partition coefficient (Wildman–Crippen LogP) is 0.895. The first-order chi connectivity index (χ1) is 6.60. The molecule has 0 saturated heterocycles. The van der Waals surface area contributed by atoms with E-state index in [4.69, 9.17) is 5.73 Å². The first-order valence-electron chi connectivity index (χ1n) is 4.37. The molecule has 14 heavy (non-hydrogen) atoms. The van der Waals surface area contributed by atoms with Gasteiger partial charge in [0, 0.05) is 23.3 Å². The molecule has 1 heterocycles. The fourth-order valence-corrected chi connectivity index (χ4v) is 3.22. The van der Waals surface area contributed by atoms with Crippen molar-refractivity contribution >= 4 is 21.4 Å². The van der Waals surface area contributed by atoms with Gasteiger partial charge in [-0.05, 0) is 12.5 Å². The molecule has 0 unspecified atom stereocenters. The molecule has 1 aromatic rings. The lowest BCUT2D eigenvalue weighted by molar-refractivity contribution is 0.581. The van der Waals surface area contributed by atoms with Gasteiger partial charge in [-0.3, -0.25) is 0 Å². The summed E-state index contributed by atoms with van der Waals surface area (Å²) in [6.07, 6.45) is 0.785. The van der Waals surface area contributed by atoms with E-state index in [0.29, 0.717) is 18.0 Å².